The average molecular weight is 193 g/mol. The first kappa shape index (κ1) is 11.2. The van der Waals surface area contributed by atoms with E-state index in [4.69, 9.17) is 0 Å². The van der Waals surface area contributed by atoms with Crippen LogP contribution in [0.3, 0.4) is 0 Å². The number of amides is 1. The van der Waals surface area contributed by atoms with Gasteiger partial charge in [0.25, 0.3) is 5.91 Å². The molecule has 1 saturated carbocycles. The van der Waals surface area contributed by atoms with Crippen LogP contribution in [0, 0.1) is 5.92 Å². The summed E-state index contributed by atoms with van der Waals surface area (Å²) >= 11 is 0. The molecule has 0 aromatic heterocycles. The second-order valence-electron chi connectivity index (χ2n) is 3.95. The van der Waals surface area contributed by atoms with Crippen molar-refractivity contribution in [3.8, 4) is 0 Å². The van der Waals surface area contributed by atoms with Crippen LogP contribution in [-0.4, -0.2) is 12.1 Å². The molecule has 0 heterocycles. The lowest BCUT2D eigenvalue weighted by Crippen LogP contribution is -2.08. The van der Waals surface area contributed by atoms with E-state index in [-0.39, 0.29) is 5.91 Å². The molecular formula is C12H19NO. The van der Waals surface area contributed by atoms with Crippen molar-refractivity contribution < 1.29 is 4.79 Å². The number of rotatable bonds is 2. The Balaban J connectivity index is 2.42. The summed E-state index contributed by atoms with van der Waals surface area (Å²) in [5.74, 6) is 0.454. The van der Waals surface area contributed by atoms with Gasteiger partial charge < -0.3 is 0 Å². The second-order valence-corrected chi connectivity index (χ2v) is 3.95. The van der Waals surface area contributed by atoms with E-state index in [9.17, 15) is 4.79 Å². The number of hydrogen-bond acceptors (Lipinski definition) is 1. The fourth-order valence-electron chi connectivity index (χ4n) is 1.68. The minimum Gasteiger partial charge on any atom is -0.267 e. The molecule has 0 aromatic carbocycles. The molecule has 0 atom stereocenters. The van der Waals surface area contributed by atoms with Crippen molar-refractivity contribution in [2.45, 2.75) is 46.0 Å². The quantitative estimate of drug-likeness (QED) is 0.489. The minimum atomic E-state index is -0.0851. The molecule has 0 aliphatic heterocycles. The topological polar surface area (TPSA) is 29.4 Å². The zero-order valence-corrected chi connectivity index (χ0v) is 9.12. The van der Waals surface area contributed by atoms with E-state index < -0.39 is 0 Å². The summed E-state index contributed by atoms with van der Waals surface area (Å²) in [6.07, 6.45) is 9.97. The highest BCUT2D eigenvalue weighted by atomic mass is 16.1. The van der Waals surface area contributed by atoms with Crippen molar-refractivity contribution >= 4 is 12.1 Å². The maximum atomic E-state index is 11.4. The van der Waals surface area contributed by atoms with E-state index in [0.29, 0.717) is 5.92 Å². The van der Waals surface area contributed by atoms with Crippen LogP contribution < -0.4 is 0 Å². The standard InChI is InChI=1S/C12H19NO/c1-3-10(2)12(14)13-9-11-7-5-4-6-8-11/h3,9,11H,4-8H2,1-2H3/b10-3+,13-9?. The number of allylic oxidation sites excluding steroid dienone is 1. The normalized spacial score (nSPS) is 20.3. The van der Waals surface area contributed by atoms with Gasteiger partial charge in [-0.3, -0.25) is 4.79 Å². The summed E-state index contributed by atoms with van der Waals surface area (Å²) in [7, 11) is 0. The number of hydrogen-bond donors (Lipinski definition) is 0. The van der Waals surface area contributed by atoms with E-state index >= 15 is 0 Å². The zero-order valence-electron chi connectivity index (χ0n) is 9.12. The number of aliphatic imine (C=N–C) groups is 1. The van der Waals surface area contributed by atoms with Gasteiger partial charge in [-0.25, -0.2) is 4.99 Å². The lowest BCUT2D eigenvalue weighted by atomic mass is 9.90. The molecule has 2 nitrogen and oxygen atoms in total. The Labute approximate surface area is 86.1 Å². The Morgan fingerprint density at radius 1 is 1.29 bits per heavy atom. The minimum absolute atomic E-state index is 0.0851. The molecule has 78 valence electrons. The molecule has 0 N–H and O–H groups in total. The van der Waals surface area contributed by atoms with E-state index in [1.165, 1.54) is 32.1 Å². The lowest BCUT2D eigenvalue weighted by molar-refractivity contribution is -0.114. The van der Waals surface area contributed by atoms with Gasteiger partial charge in [0, 0.05) is 11.8 Å². The van der Waals surface area contributed by atoms with Gasteiger partial charge in [0.05, 0.1) is 0 Å². The van der Waals surface area contributed by atoms with Crippen molar-refractivity contribution in [2.75, 3.05) is 0 Å². The molecule has 0 aromatic rings. The summed E-state index contributed by atoms with van der Waals surface area (Å²) in [5.41, 5.74) is 0.733. The molecule has 1 aliphatic carbocycles. The van der Waals surface area contributed by atoms with Gasteiger partial charge in [0.15, 0.2) is 0 Å². The van der Waals surface area contributed by atoms with Crippen LogP contribution in [-0.2, 0) is 4.79 Å². The second kappa shape index (κ2) is 5.74. The van der Waals surface area contributed by atoms with Crippen molar-refractivity contribution in [1.82, 2.24) is 0 Å². The SMILES string of the molecule is C/C=C(\C)C(=O)N=CC1CCCCC1. The first-order valence-corrected chi connectivity index (χ1v) is 5.45. The monoisotopic (exact) mass is 193 g/mol. The lowest BCUT2D eigenvalue weighted by Gasteiger charge is -2.16. The van der Waals surface area contributed by atoms with Gasteiger partial charge in [-0.05, 0) is 32.6 Å². The molecule has 1 fully saturated rings. The first-order chi connectivity index (χ1) is 6.74. The van der Waals surface area contributed by atoms with E-state index in [1.807, 2.05) is 13.1 Å². The van der Waals surface area contributed by atoms with Crippen molar-refractivity contribution in [2.24, 2.45) is 10.9 Å². The van der Waals surface area contributed by atoms with Gasteiger partial charge in [-0.15, -0.1) is 0 Å². The molecule has 0 unspecified atom stereocenters. The van der Waals surface area contributed by atoms with Gasteiger partial charge in [0.2, 0.25) is 0 Å². The van der Waals surface area contributed by atoms with Crippen LogP contribution in [0.4, 0.5) is 0 Å². The molecule has 1 amide bonds. The molecule has 2 heteroatoms. The van der Waals surface area contributed by atoms with E-state index in [0.717, 1.165) is 5.57 Å². The number of carbonyl (C=O) groups excluding carboxylic acids is 1. The molecule has 0 spiro atoms. The Morgan fingerprint density at radius 2 is 1.93 bits per heavy atom. The zero-order chi connectivity index (χ0) is 10.4. The molecule has 14 heavy (non-hydrogen) atoms. The predicted molar refractivity (Wildman–Crippen MR) is 59.5 cm³/mol. The van der Waals surface area contributed by atoms with Crippen molar-refractivity contribution in [3.05, 3.63) is 11.6 Å². The Kier molecular flexibility index (Phi) is 4.57. The van der Waals surface area contributed by atoms with Gasteiger partial charge >= 0.3 is 0 Å². The van der Waals surface area contributed by atoms with Crippen LogP contribution in [0.5, 0.6) is 0 Å². The number of nitrogens with zero attached hydrogens (tertiary/aromatic N) is 1. The fraction of sp³-hybridized carbons (Fsp3) is 0.667. The highest BCUT2D eigenvalue weighted by Crippen LogP contribution is 2.21. The summed E-state index contributed by atoms with van der Waals surface area (Å²) in [6, 6.07) is 0. The smallest absolute Gasteiger partial charge is 0.267 e. The summed E-state index contributed by atoms with van der Waals surface area (Å²) in [5, 5.41) is 0. The van der Waals surface area contributed by atoms with Gasteiger partial charge in [-0.1, -0.05) is 25.3 Å². The molecule has 0 saturated heterocycles. The largest absolute Gasteiger partial charge is 0.271 e. The Hall–Kier alpha value is -0.920. The molecule has 0 radical (unpaired) electrons. The third kappa shape index (κ3) is 3.44. The maximum Gasteiger partial charge on any atom is 0.271 e. The first-order valence-electron chi connectivity index (χ1n) is 5.45. The third-order valence-electron chi connectivity index (χ3n) is 2.82. The Morgan fingerprint density at radius 3 is 2.50 bits per heavy atom. The van der Waals surface area contributed by atoms with Crippen molar-refractivity contribution in [1.29, 1.82) is 0 Å². The average Bonchev–Trinajstić information content (AvgIpc) is 2.26. The summed E-state index contributed by atoms with van der Waals surface area (Å²) in [6.45, 7) is 3.67. The third-order valence-corrected chi connectivity index (χ3v) is 2.82. The van der Waals surface area contributed by atoms with Gasteiger partial charge in [0.1, 0.15) is 0 Å². The van der Waals surface area contributed by atoms with Crippen LogP contribution in [0.25, 0.3) is 0 Å². The van der Waals surface area contributed by atoms with Crippen LogP contribution in [0.1, 0.15) is 46.0 Å². The van der Waals surface area contributed by atoms with Gasteiger partial charge in [-0.2, -0.15) is 0 Å². The maximum absolute atomic E-state index is 11.4. The number of carbonyl (C=O) groups is 1. The van der Waals surface area contributed by atoms with E-state index in [1.54, 1.807) is 13.0 Å². The highest BCUT2D eigenvalue weighted by molar-refractivity contribution is 5.97. The van der Waals surface area contributed by atoms with Crippen LogP contribution >= 0.6 is 0 Å². The van der Waals surface area contributed by atoms with Crippen molar-refractivity contribution in [3.63, 3.8) is 0 Å². The summed E-state index contributed by atoms with van der Waals surface area (Å²) in [4.78, 5) is 15.3. The van der Waals surface area contributed by atoms with Crippen LogP contribution in [0.15, 0.2) is 16.6 Å². The predicted octanol–water partition coefficient (Wildman–Crippen LogP) is 3.13. The molecule has 1 aliphatic rings. The summed E-state index contributed by atoms with van der Waals surface area (Å²) < 4.78 is 0. The molecular weight excluding hydrogens is 174 g/mol. The van der Waals surface area contributed by atoms with E-state index in [2.05, 4.69) is 4.99 Å². The Bertz CT molecular complexity index is 247. The van der Waals surface area contributed by atoms with Crippen LogP contribution in [0.2, 0.25) is 0 Å². The molecule has 0 bridgehead atoms. The molecule has 1 rings (SSSR count). The fourth-order valence-corrected chi connectivity index (χ4v) is 1.68. The highest BCUT2D eigenvalue weighted by Gasteiger charge is 2.11.